The van der Waals surface area contributed by atoms with Crippen molar-refractivity contribution < 1.29 is 0 Å². The van der Waals surface area contributed by atoms with E-state index in [4.69, 9.17) is 0 Å². The van der Waals surface area contributed by atoms with E-state index in [-0.39, 0.29) is 0 Å². The van der Waals surface area contributed by atoms with Crippen LogP contribution in [0.15, 0.2) is 34.2 Å². The molecule has 0 amide bonds. The van der Waals surface area contributed by atoms with E-state index in [0.717, 1.165) is 25.1 Å². The van der Waals surface area contributed by atoms with Crippen molar-refractivity contribution in [3.8, 4) is 0 Å². The fraction of sp³-hybridized carbons (Fsp3) is 0.400. The SMILES string of the molecule is CCCNC(Cc1ccccn1)c1cc(C)c(Br)s1. The first kappa shape index (κ1) is 14.7. The van der Waals surface area contributed by atoms with Gasteiger partial charge in [-0.05, 0) is 59.6 Å². The van der Waals surface area contributed by atoms with Crippen LogP contribution >= 0.6 is 27.3 Å². The van der Waals surface area contributed by atoms with Crippen LogP contribution in [0.3, 0.4) is 0 Å². The van der Waals surface area contributed by atoms with Crippen LogP contribution in [0, 0.1) is 6.92 Å². The number of nitrogens with zero attached hydrogens (tertiary/aromatic N) is 1. The quantitative estimate of drug-likeness (QED) is 0.838. The Morgan fingerprint density at radius 2 is 2.26 bits per heavy atom. The minimum absolute atomic E-state index is 0.352. The highest BCUT2D eigenvalue weighted by Crippen LogP contribution is 2.32. The van der Waals surface area contributed by atoms with Gasteiger partial charge in [-0.2, -0.15) is 0 Å². The van der Waals surface area contributed by atoms with Gasteiger partial charge in [0.05, 0.1) is 3.79 Å². The molecule has 0 aromatic carbocycles. The molecule has 2 heterocycles. The van der Waals surface area contributed by atoms with Gasteiger partial charge in [-0.1, -0.05) is 13.0 Å². The second-order valence-electron chi connectivity index (χ2n) is 4.64. The molecule has 2 aromatic heterocycles. The highest BCUT2D eigenvalue weighted by Gasteiger charge is 2.15. The van der Waals surface area contributed by atoms with E-state index in [0.29, 0.717) is 6.04 Å². The third-order valence-electron chi connectivity index (χ3n) is 3.00. The summed E-state index contributed by atoms with van der Waals surface area (Å²) in [7, 11) is 0. The first-order chi connectivity index (χ1) is 9.20. The summed E-state index contributed by atoms with van der Waals surface area (Å²) in [6.07, 6.45) is 3.94. The predicted octanol–water partition coefficient (Wildman–Crippen LogP) is 4.50. The number of nitrogens with one attached hydrogen (secondary N) is 1. The van der Waals surface area contributed by atoms with Crippen molar-refractivity contribution in [3.05, 3.63) is 50.4 Å². The molecule has 19 heavy (non-hydrogen) atoms. The van der Waals surface area contributed by atoms with Crippen molar-refractivity contribution in [1.82, 2.24) is 10.3 Å². The Labute approximate surface area is 127 Å². The zero-order chi connectivity index (χ0) is 13.7. The Morgan fingerprint density at radius 3 is 2.84 bits per heavy atom. The van der Waals surface area contributed by atoms with Crippen molar-refractivity contribution in [2.24, 2.45) is 0 Å². The number of pyridine rings is 1. The van der Waals surface area contributed by atoms with Crippen LogP contribution in [0.2, 0.25) is 0 Å². The Balaban J connectivity index is 2.15. The fourth-order valence-corrected chi connectivity index (χ4v) is 3.62. The largest absolute Gasteiger partial charge is 0.309 e. The van der Waals surface area contributed by atoms with Gasteiger partial charge in [0.1, 0.15) is 0 Å². The number of aryl methyl sites for hydroxylation is 1. The number of hydrogen-bond acceptors (Lipinski definition) is 3. The molecular formula is C15H19BrN2S. The van der Waals surface area contributed by atoms with Crippen LogP contribution < -0.4 is 5.32 Å². The summed E-state index contributed by atoms with van der Waals surface area (Å²) in [5.41, 5.74) is 2.45. The van der Waals surface area contributed by atoms with Gasteiger partial charge in [0, 0.05) is 29.2 Å². The van der Waals surface area contributed by atoms with E-state index in [2.05, 4.69) is 58.3 Å². The van der Waals surface area contributed by atoms with Crippen molar-refractivity contribution in [2.45, 2.75) is 32.7 Å². The lowest BCUT2D eigenvalue weighted by atomic mass is 10.1. The van der Waals surface area contributed by atoms with Crippen molar-refractivity contribution in [3.63, 3.8) is 0 Å². The van der Waals surface area contributed by atoms with E-state index in [1.807, 2.05) is 23.6 Å². The van der Waals surface area contributed by atoms with E-state index in [1.54, 1.807) is 0 Å². The van der Waals surface area contributed by atoms with Gasteiger partial charge in [-0.15, -0.1) is 11.3 Å². The monoisotopic (exact) mass is 338 g/mol. The number of halogens is 1. The fourth-order valence-electron chi connectivity index (χ4n) is 1.98. The van der Waals surface area contributed by atoms with Crippen LogP contribution in [-0.2, 0) is 6.42 Å². The van der Waals surface area contributed by atoms with Gasteiger partial charge in [-0.25, -0.2) is 0 Å². The molecule has 2 aromatic rings. The molecule has 0 radical (unpaired) electrons. The van der Waals surface area contributed by atoms with Gasteiger partial charge < -0.3 is 5.32 Å². The highest BCUT2D eigenvalue weighted by atomic mass is 79.9. The van der Waals surface area contributed by atoms with E-state index in [1.165, 1.54) is 14.2 Å². The summed E-state index contributed by atoms with van der Waals surface area (Å²) >= 11 is 5.43. The molecule has 2 nitrogen and oxygen atoms in total. The van der Waals surface area contributed by atoms with Crippen molar-refractivity contribution in [1.29, 1.82) is 0 Å². The lowest BCUT2D eigenvalue weighted by Gasteiger charge is -2.16. The summed E-state index contributed by atoms with van der Waals surface area (Å²) in [5.74, 6) is 0. The Hall–Kier alpha value is -0.710. The standard InChI is InChI=1S/C15H19BrN2S/c1-3-7-18-13(10-12-6-4-5-8-17-12)14-9-11(2)15(16)19-14/h4-6,8-9,13,18H,3,7,10H2,1-2H3. The Kier molecular flexibility index (Phi) is 5.55. The molecule has 102 valence electrons. The van der Waals surface area contributed by atoms with E-state index >= 15 is 0 Å². The zero-order valence-corrected chi connectivity index (χ0v) is 13.7. The van der Waals surface area contributed by atoms with E-state index < -0.39 is 0 Å². The normalized spacial score (nSPS) is 12.6. The van der Waals surface area contributed by atoms with Gasteiger partial charge in [0.2, 0.25) is 0 Å². The molecule has 1 atom stereocenters. The first-order valence-corrected chi connectivity index (χ1v) is 8.20. The maximum atomic E-state index is 4.43. The predicted molar refractivity (Wildman–Crippen MR) is 85.7 cm³/mol. The van der Waals surface area contributed by atoms with E-state index in [9.17, 15) is 0 Å². The summed E-state index contributed by atoms with van der Waals surface area (Å²) in [4.78, 5) is 5.81. The molecule has 0 aliphatic heterocycles. The molecule has 0 saturated carbocycles. The Morgan fingerprint density at radius 1 is 1.42 bits per heavy atom. The van der Waals surface area contributed by atoms with Crippen molar-refractivity contribution in [2.75, 3.05) is 6.54 Å². The lowest BCUT2D eigenvalue weighted by molar-refractivity contribution is 0.531. The minimum Gasteiger partial charge on any atom is -0.309 e. The minimum atomic E-state index is 0.352. The van der Waals surface area contributed by atoms with Crippen LogP contribution in [0.4, 0.5) is 0 Å². The number of thiophene rings is 1. The topological polar surface area (TPSA) is 24.9 Å². The second-order valence-corrected chi connectivity index (χ2v) is 7.04. The molecule has 0 aliphatic rings. The number of hydrogen-bond donors (Lipinski definition) is 1. The summed E-state index contributed by atoms with van der Waals surface area (Å²) in [6, 6.07) is 8.73. The molecule has 1 N–H and O–H groups in total. The molecule has 0 aliphatic carbocycles. The first-order valence-electron chi connectivity index (χ1n) is 6.59. The molecule has 2 rings (SSSR count). The highest BCUT2D eigenvalue weighted by molar-refractivity contribution is 9.11. The van der Waals surface area contributed by atoms with Crippen LogP contribution in [0.25, 0.3) is 0 Å². The maximum Gasteiger partial charge on any atom is 0.0731 e. The van der Waals surface area contributed by atoms with Gasteiger partial charge in [-0.3, -0.25) is 4.98 Å². The average Bonchev–Trinajstić information content (AvgIpc) is 2.76. The molecule has 0 saturated heterocycles. The second kappa shape index (κ2) is 7.17. The summed E-state index contributed by atoms with van der Waals surface area (Å²) < 4.78 is 1.23. The third kappa shape index (κ3) is 4.13. The molecule has 0 bridgehead atoms. The van der Waals surface area contributed by atoms with Crippen LogP contribution in [-0.4, -0.2) is 11.5 Å². The van der Waals surface area contributed by atoms with Gasteiger partial charge in [0.25, 0.3) is 0 Å². The molecular weight excluding hydrogens is 320 g/mol. The number of rotatable bonds is 6. The van der Waals surface area contributed by atoms with Crippen molar-refractivity contribution >= 4 is 27.3 Å². The molecule has 0 spiro atoms. The van der Waals surface area contributed by atoms with Gasteiger partial charge in [0.15, 0.2) is 0 Å². The Bertz CT molecular complexity index is 491. The summed E-state index contributed by atoms with van der Waals surface area (Å²) in [6.45, 7) is 5.37. The molecule has 4 heteroatoms. The maximum absolute atomic E-state index is 4.43. The van der Waals surface area contributed by atoms with Crippen LogP contribution in [0.1, 0.15) is 35.5 Å². The number of aromatic nitrogens is 1. The third-order valence-corrected chi connectivity index (χ3v) is 5.25. The lowest BCUT2D eigenvalue weighted by Crippen LogP contribution is -2.23. The average molecular weight is 339 g/mol. The molecule has 1 unspecified atom stereocenters. The molecule has 0 fully saturated rings. The van der Waals surface area contributed by atoms with Crippen LogP contribution in [0.5, 0.6) is 0 Å². The van der Waals surface area contributed by atoms with Gasteiger partial charge >= 0.3 is 0 Å². The zero-order valence-electron chi connectivity index (χ0n) is 11.3. The smallest absolute Gasteiger partial charge is 0.0731 e. The summed E-state index contributed by atoms with van der Waals surface area (Å²) in [5, 5.41) is 3.62.